The van der Waals surface area contributed by atoms with Crippen molar-refractivity contribution in [3.8, 4) is 0 Å². The van der Waals surface area contributed by atoms with Crippen LogP contribution in [0.3, 0.4) is 0 Å². The molecule has 0 unspecified atom stereocenters. The van der Waals surface area contributed by atoms with Crippen LogP contribution in [0.4, 0.5) is 0 Å². The average molecular weight is 180 g/mol. The number of aromatic nitrogens is 2. The molecule has 8 heteroatoms. The molecule has 0 saturated heterocycles. The van der Waals surface area contributed by atoms with Gasteiger partial charge in [0.15, 0.2) is 0 Å². The van der Waals surface area contributed by atoms with E-state index in [9.17, 15) is 19.8 Å². The van der Waals surface area contributed by atoms with Crippen LogP contribution in [0, 0.1) is 0 Å². The van der Waals surface area contributed by atoms with E-state index in [4.69, 9.17) is 0 Å². The third-order valence-corrected chi connectivity index (χ3v) is 1.08. The Bertz CT molecular complexity index is 311. The summed E-state index contributed by atoms with van der Waals surface area (Å²) in [6.45, 7) is 0. The van der Waals surface area contributed by atoms with Crippen LogP contribution in [0.15, 0.2) is 12.4 Å². The summed E-state index contributed by atoms with van der Waals surface area (Å²) in [7, 11) is 0. The van der Waals surface area contributed by atoms with Crippen molar-refractivity contribution in [3.05, 3.63) is 23.8 Å². The summed E-state index contributed by atoms with van der Waals surface area (Å²) in [6.07, 6.45) is 2.11. The van der Waals surface area contributed by atoms with Gasteiger partial charge in [-0.15, -0.1) is 0 Å². The molecular weight excluding hydrogens is 178 g/mol. The largest absolute Gasteiger partial charge is 1.00 e. The molecule has 0 aliphatic rings. The second-order valence-electron chi connectivity index (χ2n) is 1.83. The van der Waals surface area contributed by atoms with Crippen LogP contribution < -0.4 is 47.9 Å². The first-order chi connectivity index (χ1) is 5.63. The van der Waals surface area contributed by atoms with E-state index in [0.717, 1.165) is 12.4 Å². The maximum Gasteiger partial charge on any atom is 1.00 e. The first-order valence-electron chi connectivity index (χ1n) is 2.86. The van der Waals surface area contributed by atoms with Gasteiger partial charge in [0.1, 0.15) is 11.4 Å². The normalized spacial score (nSPS) is 8.00. The molecule has 0 saturated carbocycles. The molecule has 1 aromatic rings. The molecule has 0 radical (unpaired) electrons. The Hall–Kier alpha value is -0.785. The standard InChI is InChI=1S/C6H4N2O4.2Li/c9-5(10)3-4(6(11)12)8-2-1-7-3;;/h1-2H,(H,9,10)(H,11,12);;/q;2*+1/p-2. The van der Waals surface area contributed by atoms with Crippen molar-refractivity contribution < 1.29 is 57.5 Å². The SMILES string of the molecule is O=C([O-])c1nccnc1C(=O)[O-].[Li+].[Li+]. The number of carbonyl (C=O) groups excluding carboxylic acids is 2. The van der Waals surface area contributed by atoms with Crippen LogP contribution in [-0.2, 0) is 0 Å². The fourth-order valence-electron chi connectivity index (χ4n) is 0.637. The first-order valence-corrected chi connectivity index (χ1v) is 2.86. The first kappa shape index (κ1) is 15.7. The van der Waals surface area contributed by atoms with E-state index >= 15 is 0 Å². The molecule has 0 aliphatic heterocycles. The summed E-state index contributed by atoms with van der Waals surface area (Å²) >= 11 is 0. The van der Waals surface area contributed by atoms with Gasteiger partial charge in [-0.2, -0.15) is 0 Å². The number of aromatic carboxylic acids is 2. The van der Waals surface area contributed by atoms with Crippen LogP contribution in [-0.4, -0.2) is 21.9 Å². The van der Waals surface area contributed by atoms with Gasteiger partial charge in [-0.25, -0.2) is 0 Å². The van der Waals surface area contributed by atoms with Gasteiger partial charge in [0, 0.05) is 12.4 Å². The predicted molar refractivity (Wildman–Crippen MR) is 30.7 cm³/mol. The molecule has 1 aromatic heterocycles. The van der Waals surface area contributed by atoms with Gasteiger partial charge in [-0.05, 0) is 0 Å². The maximum atomic E-state index is 10.2. The number of rotatable bonds is 2. The number of carbonyl (C=O) groups is 2. The van der Waals surface area contributed by atoms with Crippen molar-refractivity contribution in [2.75, 3.05) is 0 Å². The Morgan fingerprint density at radius 2 is 1.21 bits per heavy atom. The fourth-order valence-corrected chi connectivity index (χ4v) is 0.637. The molecule has 0 aromatic carbocycles. The van der Waals surface area contributed by atoms with Crippen LogP contribution >= 0.6 is 0 Å². The van der Waals surface area contributed by atoms with Gasteiger partial charge in [-0.1, -0.05) is 0 Å². The van der Waals surface area contributed by atoms with Gasteiger partial charge < -0.3 is 19.8 Å². The summed E-state index contributed by atoms with van der Waals surface area (Å²) in [6, 6.07) is 0. The summed E-state index contributed by atoms with van der Waals surface area (Å²) in [5.74, 6) is -3.38. The van der Waals surface area contributed by atoms with Gasteiger partial charge >= 0.3 is 37.7 Å². The zero-order chi connectivity index (χ0) is 9.14. The van der Waals surface area contributed by atoms with Gasteiger partial charge in [-0.3, -0.25) is 9.97 Å². The Labute approximate surface area is 103 Å². The van der Waals surface area contributed by atoms with E-state index in [1.54, 1.807) is 0 Å². The minimum absolute atomic E-state index is 0. The van der Waals surface area contributed by atoms with E-state index in [-0.39, 0.29) is 37.7 Å². The Morgan fingerprint density at radius 3 is 1.43 bits per heavy atom. The number of hydrogen-bond acceptors (Lipinski definition) is 6. The number of carboxylic acid groups (broad SMARTS) is 2. The van der Waals surface area contributed by atoms with E-state index in [0.29, 0.717) is 0 Å². The van der Waals surface area contributed by atoms with Crippen molar-refractivity contribution in [1.29, 1.82) is 0 Å². The van der Waals surface area contributed by atoms with Gasteiger partial charge in [0.25, 0.3) is 0 Å². The van der Waals surface area contributed by atoms with Crippen molar-refractivity contribution in [2.45, 2.75) is 0 Å². The second-order valence-corrected chi connectivity index (χ2v) is 1.83. The molecule has 6 nitrogen and oxygen atoms in total. The minimum Gasteiger partial charge on any atom is -0.543 e. The van der Waals surface area contributed by atoms with Crippen molar-refractivity contribution in [3.63, 3.8) is 0 Å². The van der Waals surface area contributed by atoms with Gasteiger partial charge in [0.05, 0.1) is 11.9 Å². The molecule has 0 atom stereocenters. The summed E-state index contributed by atoms with van der Waals surface area (Å²) < 4.78 is 0. The van der Waals surface area contributed by atoms with E-state index in [1.165, 1.54) is 0 Å². The van der Waals surface area contributed by atoms with E-state index in [1.807, 2.05) is 0 Å². The zero-order valence-corrected chi connectivity index (χ0v) is 7.68. The van der Waals surface area contributed by atoms with Crippen LogP contribution in [0.1, 0.15) is 21.0 Å². The van der Waals surface area contributed by atoms with Crippen molar-refractivity contribution >= 4 is 11.9 Å². The molecular formula is C6H2Li2N2O4. The molecule has 14 heavy (non-hydrogen) atoms. The number of carboxylic acids is 2. The third kappa shape index (κ3) is 3.53. The summed E-state index contributed by atoms with van der Waals surface area (Å²) in [5.41, 5.74) is -1.45. The Balaban J connectivity index is 0. The molecule has 0 aliphatic carbocycles. The number of hydrogen-bond donors (Lipinski definition) is 0. The predicted octanol–water partition coefficient (Wildman–Crippen LogP) is -8.79. The minimum atomic E-state index is -1.69. The number of nitrogens with zero attached hydrogens (tertiary/aromatic N) is 2. The van der Waals surface area contributed by atoms with E-state index in [2.05, 4.69) is 9.97 Å². The molecule has 1 heterocycles. The summed E-state index contributed by atoms with van der Waals surface area (Å²) in [4.78, 5) is 27.0. The summed E-state index contributed by atoms with van der Waals surface area (Å²) in [5, 5.41) is 20.4. The Morgan fingerprint density at radius 1 is 0.929 bits per heavy atom. The molecule has 0 amide bonds. The maximum absolute atomic E-state index is 10.2. The van der Waals surface area contributed by atoms with E-state index < -0.39 is 23.3 Å². The molecule has 62 valence electrons. The van der Waals surface area contributed by atoms with Crippen LogP contribution in [0.25, 0.3) is 0 Å². The third-order valence-electron chi connectivity index (χ3n) is 1.08. The smallest absolute Gasteiger partial charge is 0.543 e. The molecule has 0 spiro atoms. The monoisotopic (exact) mass is 180 g/mol. The second kappa shape index (κ2) is 6.64. The molecule has 0 N–H and O–H groups in total. The zero-order valence-electron chi connectivity index (χ0n) is 7.68. The topological polar surface area (TPSA) is 106 Å². The Kier molecular flexibility index (Phi) is 7.43. The van der Waals surface area contributed by atoms with Gasteiger partial charge in [0.2, 0.25) is 0 Å². The average Bonchev–Trinajstić information content (AvgIpc) is 2.04. The van der Waals surface area contributed by atoms with Crippen LogP contribution in [0.2, 0.25) is 0 Å². The molecule has 0 bridgehead atoms. The van der Waals surface area contributed by atoms with Crippen molar-refractivity contribution in [2.24, 2.45) is 0 Å². The molecule has 1 rings (SSSR count). The van der Waals surface area contributed by atoms with Crippen molar-refractivity contribution in [1.82, 2.24) is 9.97 Å². The molecule has 0 fully saturated rings. The fraction of sp³-hybridized carbons (Fsp3) is 0. The quantitative estimate of drug-likeness (QED) is 0.418. The van der Waals surface area contributed by atoms with Crippen LogP contribution in [0.5, 0.6) is 0 Å².